The van der Waals surface area contributed by atoms with Crippen molar-refractivity contribution in [2.45, 2.75) is 24.7 Å². The Morgan fingerprint density at radius 2 is 1.50 bits per heavy atom. The van der Waals surface area contributed by atoms with Crippen LogP contribution in [0.5, 0.6) is 0 Å². The Labute approximate surface area is 120 Å². The number of hydrogen-bond donors (Lipinski definition) is 0. The first-order chi connectivity index (χ1) is 9.90. The van der Waals surface area contributed by atoms with Gasteiger partial charge in [0.1, 0.15) is 0 Å². The molecule has 2 aromatic rings. The van der Waals surface area contributed by atoms with Crippen LogP contribution in [0.2, 0.25) is 0 Å². The van der Waals surface area contributed by atoms with Crippen molar-refractivity contribution in [3.63, 3.8) is 0 Å². The molecule has 0 nitrogen and oxygen atoms in total. The quantitative estimate of drug-likeness (QED) is 0.700. The molecule has 98 valence electrons. The van der Waals surface area contributed by atoms with Crippen molar-refractivity contribution in [1.29, 1.82) is 0 Å². The Morgan fingerprint density at radius 1 is 0.800 bits per heavy atom. The van der Waals surface area contributed by atoms with E-state index in [1.807, 2.05) is 0 Å². The first-order valence-electron chi connectivity index (χ1n) is 7.41. The highest BCUT2D eigenvalue weighted by molar-refractivity contribution is 5.81. The molecule has 0 amide bonds. The maximum atomic E-state index is 2.36. The molecule has 0 aromatic heterocycles. The van der Waals surface area contributed by atoms with Crippen molar-refractivity contribution < 1.29 is 0 Å². The number of benzene rings is 2. The van der Waals surface area contributed by atoms with Crippen LogP contribution in [-0.4, -0.2) is 0 Å². The van der Waals surface area contributed by atoms with Crippen LogP contribution in [0.25, 0.3) is 5.57 Å². The monoisotopic (exact) mass is 258 g/mol. The Morgan fingerprint density at radius 3 is 2.15 bits per heavy atom. The fraction of sp³-hybridized carbons (Fsp3) is 0.200. The highest BCUT2D eigenvalue weighted by atomic mass is 14.5. The molecule has 2 aliphatic carbocycles. The molecule has 1 saturated carbocycles. The number of fused-ring (bicyclic) bond motifs is 1. The van der Waals surface area contributed by atoms with Gasteiger partial charge in [-0.3, -0.25) is 0 Å². The molecule has 0 aliphatic heterocycles. The third-order valence-electron chi connectivity index (χ3n) is 4.87. The van der Waals surface area contributed by atoms with Crippen LogP contribution >= 0.6 is 0 Å². The average molecular weight is 258 g/mol. The summed E-state index contributed by atoms with van der Waals surface area (Å²) in [4.78, 5) is 0. The maximum Gasteiger partial charge on any atom is 0.0208 e. The number of rotatable bonds is 2. The minimum Gasteiger partial charge on any atom is -0.0827 e. The van der Waals surface area contributed by atoms with Crippen LogP contribution in [0.3, 0.4) is 0 Å². The molecular weight excluding hydrogens is 240 g/mol. The molecule has 2 aromatic carbocycles. The second kappa shape index (κ2) is 4.49. The van der Waals surface area contributed by atoms with Gasteiger partial charge in [-0.1, -0.05) is 78.4 Å². The SMILES string of the molecule is C1=CC(c2ccccc2)=C2CCC2(c2ccccc2)C1. The maximum absolute atomic E-state index is 2.36. The summed E-state index contributed by atoms with van der Waals surface area (Å²) in [6.07, 6.45) is 8.36. The molecule has 0 heteroatoms. The van der Waals surface area contributed by atoms with Gasteiger partial charge >= 0.3 is 0 Å². The predicted molar refractivity (Wildman–Crippen MR) is 84.5 cm³/mol. The van der Waals surface area contributed by atoms with E-state index >= 15 is 0 Å². The Balaban J connectivity index is 1.85. The van der Waals surface area contributed by atoms with E-state index in [0.717, 1.165) is 6.42 Å². The minimum absolute atomic E-state index is 0.279. The first-order valence-corrected chi connectivity index (χ1v) is 7.41. The molecule has 0 radical (unpaired) electrons. The molecule has 1 fully saturated rings. The number of hydrogen-bond acceptors (Lipinski definition) is 0. The molecular formula is C20H18. The summed E-state index contributed by atoms with van der Waals surface area (Å²) in [6.45, 7) is 0. The van der Waals surface area contributed by atoms with Gasteiger partial charge in [0.2, 0.25) is 0 Å². The molecule has 20 heavy (non-hydrogen) atoms. The highest BCUT2D eigenvalue weighted by Crippen LogP contribution is 2.55. The van der Waals surface area contributed by atoms with Gasteiger partial charge in [-0.05, 0) is 36.0 Å². The first kappa shape index (κ1) is 11.7. The van der Waals surface area contributed by atoms with Crippen molar-refractivity contribution in [2.75, 3.05) is 0 Å². The van der Waals surface area contributed by atoms with Crippen molar-refractivity contribution in [3.8, 4) is 0 Å². The lowest BCUT2D eigenvalue weighted by molar-refractivity contribution is 0.361. The van der Waals surface area contributed by atoms with Crippen LogP contribution in [0.15, 0.2) is 78.4 Å². The van der Waals surface area contributed by atoms with Crippen LogP contribution in [-0.2, 0) is 5.41 Å². The zero-order chi connectivity index (χ0) is 13.4. The van der Waals surface area contributed by atoms with E-state index in [9.17, 15) is 0 Å². The van der Waals surface area contributed by atoms with E-state index < -0.39 is 0 Å². The van der Waals surface area contributed by atoms with Crippen molar-refractivity contribution in [1.82, 2.24) is 0 Å². The van der Waals surface area contributed by atoms with E-state index in [-0.39, 0.29) is 5.41 Å². The molecule has 1 unspecified atom stereocenters. The molecule has 0 heterocycles. The van der Waals surface area contributed by atoms with Gasteiger partial charge in [0.25, 0.3) is 0 Å². The van der Waals surface area contributed by atoms with Gasteiger partial charge in [0.15, 0.2) is 0 Å². The molecule has 0 spiro atoms. The summed E-state index contributed by atoms with van der Waals surface area (Å²) < 4.78 is 0. The molecule has 4 rings (SSSR count). The van der Waals surface area contributed by atoms with Crippen molar-refractivity contribution in [3.05, 3.63) is 89.5 Å². The fourth-order valence-electron chi connectivity index (χ4n) is 3.73. The van der Waals surface area contributed by atoms with E-state index in [1.54, 1.807) is 5.57 Å². The topological polar surface area (TPSA) is 0 Å². The normalized spacial score (nSPS) is 24.2. The summed E-state index contributed by atoms with van der Waals surface area (Å²) in [5, 5.41) is 0. The fourth-order valence-corrected chi connectivity index (χ4v) is 3.73. The summed E-state index contributed by atoms with van der Waals surface area (Å²) in [6, 6.07) is 21.8. The summed E-state index contributed by atoms with van der Waals surface area (Å²) in [5.74, 6) is 0. The zero-order valence-electron chi connectivity index (χ0n) is 11.5. The lowest BCUT2D eigenvalue weighted by atomic mass is 9.55. The Kier molecular flexibility index (Phi) is 2.63. The van der Waals surface area contributed by atoms with Gasteiger partial charge in [-0.15, -0.1) is 0 Å². The molecule has 0 bridgehead atoms. The second-order valence-corrected chi connectivity index (χ2v) is 5.81. The van der Waals surface area contributed by atoms with Crippen LogP contribution in [0.1, 0.15) is 30.4 Å². The second-order valence-electron chi connectivity index (χ2n) is 5.81. The van der Waals surface area contributed by atoms with E-state index in [4.69, 9.17) is 0 Å². The highest BCUT2D eigenvalue weighted by Gasteiger charge is 2.45. The lowest BCUT2D eigenvalue weighted by Crippen LogP contribution is -2.38. The summed E-state index contributed by atoms with van der Waals surface area (Å²) in [7, 11) is 0. The largest absolute Gasteiger partial charge is 0.0827 e. The molecule has 0 saturated heterocycles. The third-order valence-corrected chi connectivity index (χ3v) is 4.87. The summed E-state index contributed by atoms with van der Waals surface area (Å²) >= 11 is 0. The third kappa shape index (κ3) is 1.61. The smallest absolute Gasteiger partial charge is 0.0208 e. The molecule has 1 atom stereocenters. The Hall–Kier alpha value is -2.08. The lowest BCUT2D eigenvalue weighted by Gasteiger charge is -2.48. The molecule has 0 N–H and O–H groups in total. The number of allylic oxidation sites excluding steroid dienone is 4. The van der Waals surface area contributed by atoms with E-state index in [1.165, 1.54) is 29.5 Å². The van der Waals surface area contributed by atoms with Gasteiger partial charge in [0.05, 0.1) is 0 Å². The van der Waals surface area contributed by atoms with E-state index in [2.05, 4.69) is 72.8 Å². The van der Waals surface area contributed by atoms with Crippen molar-refractivity contribution in [2.24, 2.45) is 0 Å². The Bertz CT molecular complexity index is 676. The standard InChI is InChI=1S/C20H18/c1-3-8-16(9-4-1)18-12-7-14-20(15-13-19(18)20)17-10-5-2-6-11-17/h1-12H,13-15H2. The van der Waals surface area contributed by atoms with Gasteiger partial charge < -0.3 is 0 Å². The van der Waals surface area contributed by atoms with Gasteiger partial charge in [-0.2, -0.15) is 0 Å². The van der Waals surface area contributed by atoms with Crippen LogP contribution in [0, 0.1) is 0 Å². The van der Waals surface area contributed by atoms with Crippen molar-refractivity contribution >= 4 is 5.57 Å². The van der Waals surface area contributed by atoms with Gasteiger partial charge in [-0.25, -0.2) is 0 Å². The van der Waals surface area contributed by atoms with Crippen LogP contribution in [0.4, 0.5) is 0 Å². The van der Waals surface area contributed by atoms with Gasteiger partial charge in [0, 0.05) is 5.41 Å². The van der Waals surface area contributed by atoms with E-state index in [0.29, 0.717) is 0 Å². The average Bonchev–Trinajstić information content (AvgIpc) is 2.50. The van der Waals surface area contributed by atoms with Crippen LogP contribution < -0.4 is 0 Å². The zero-order valence-corrected chi connectivity index (χ0v) is 11.5. The predicted octanol–water partition coefficient (Wildman–Crippen LogP) is 5.13. The molecule has 2 aliphatic rings. The summed E-state index contributed by atoms with van der Waals surface area (Å²) in [5.41, 5.74) is 6.21. The minimum atomic E-state index is 0.279.